The number of hydrogen-bond donors (Lipinski definition) is 0. The van der Waals surface area contributed by atoms with Gasteiger partial charge in [0.05, 0.1) is 0 Å². The summed E-state index contributed by atoms with van der Waals surface area (Å²) in [7, 11) is 0. The molecule has 12 aromatic rings. The molecule has 304 valence electrons. The van der Waals surface area contributed by atoms with Gasteiger partial charge >= 0.3 is 0 Å². The van der Waals surface area contributed by atoms with E-state index >= 15 is 0 Å². The van der Waals surface area contributed by atoms with E-state index in [0.717, 1.165) is 17.1 Å². The predicted molar refractivity (Wildman–Crippen MR) is 278 cm³/mol. The number of anilines is 3. The molecule has 1 nitrogen and oxygen atoms in total. The van der Waals surface area contributed by atoms with Crippen LogP contribution in [0.2, 0.25) is 0 Å². The van der Waals surface area contributed by atoms with E-state index in [0.29, 0.717) is 0 Å². The Morgan fingerprint density at radius 1 is 0.185 bits per heavy atom. The lowest BCUT2D eigenvalue weighted by molar-refractivity contribution is 1.28. The minimum atomic E-state index is 1.09. The Morgan fingerprint density at radius 3 is 1.15 bits per heavy atom. The molecule has 65 heavy (non-hydrogen) atoms. The molecule has 12 rings (SSSR count). The molecule has 0 fully saturated rings. The van der Waals surface area contributed by atoms with Crippen LogP contribution < -0.4 is 4.90 Å². The van der Waals surface area contributed by atoms with E-state index in [2.05, 4.69) is 266 Å². The molecule has 0 radical (unpaired) electrons. The summed E-state index contributed by atoms with van der Waals surface area (Å²) in [6.07, 6.45) is 0. The molecule has 0 amide bonds. The van der Waals surface area contributed by atoms with Crippen molar-refractivity contribution in [3.63, 3.8) is 0 Å². The predicted octanol–water partition coefficient (Wildman–Crippen LogP) is 18.1. The Morgan fingerprint density at radius 2 is 0.585 bits per heavy atom. The summed E-state index contributed by atoms with van der Waals surface area (Å²) in [5, 5.41) is 9.97. The van der Waals surface area contributed by atoms with Crippen LogP contribution in [0.3, 0.4) is 0 Å². The molecule has 0 bridgehead atoms. The average Bonchev–Trinajstić information content (AvgIpc) is 3.39. The van der Waals surface area contributed by atoms with E-state index in [9.17, 15) is 0 Å². The molecule has 0 atom stereocenters. The third kappa shape index (κ3) is 7.10. The van der Waals surface area contributed by atoms with Gasteiger partial charge in [-0.2, -0.15) is 0 Å². The van der Waals surface area contributed by atoms with Gasteiger partial charge in [-0.3, -0.25) is 0 Å². The van der Waals surface area contributed by atoms with Gasteiger partial charge in [-0.1, -0.05) is 206 Å². The van der Waals surface area contributed by atoms with Gasteiger partial charge in [-0.05, 0) is 153 Å². The van der Waals surface area contributed by atoms with Crippen molar-refractivity contribution in [1.82, 2.24) is 0 Å². The first-order chi connectivity index (χ1) is 32.2. The zero-order valence-corrected chi connectivity index (χ0v) is 35.8. The van der Waals surface area contributed by atoms with Crippen molar-refractivity contribution in [2.75, 3.05) is 4.90 Å². The number of hydrogen-bond acceptors (Lipinski definition) is 1. The van der Waals surface area contributed by atoms with Crippen LogP contribution in [0.15, 0.2) is 261 Å². The Balaban J connectivity index is 0.998. The molecular formula is C64H43N. The molecule has 0 spiro atoms. The molecule has 0 aliphatic carbocycles. The number of benzene rings is 12. The second-order valence-corrected chi connectivity index (χ2v) is 16.9. The van der Waals surface area contributed by atoms with Crippen LogP contribution >= 0.6 is 0 Å². The van der Waals surface area contributed by atoms with Gasteiger partial charge in [0.1, 0.15) is 0 Å². The van der Waals surface area contributed by atoms with Crippen LogP contribution in [0.25, 0.3) is 98.7 Å². The molecule has 0 heterocycles. The second kappa shape index (κ2) is 16.3. The average molecular weight is 826 g/mol. The molecular weight excluding hydrogens is 783 g/mol. The summed E-state index contributed by atoms with van der Waals surface area (Å²) in [6.45, 7) is 0. The first kappa shape index (κ1) is 38.2. The largest absolute Gasteiger partial charge is 0.310 e. The number of fused-ring (bicyclic) bond motifs is 5. The van der Waals surface area contributed by atoms with Crippen LogP contribution in [-0.4, -0.2) is 0 Å². The lowest BCUT2D eigenvalue weighted by Crippen LogP contribution is -2.10. The normalized spacial score (nSPS) is 11.4. The van der Waals surface area contributed by atoms with Crippen molar-refractivity contribution in [2.24, 2.45) is 0 Å². The summed E-state index contributed by atoms with van der Waals surface area (Å²) >= 11 is 0. The van der Waals surface area contributed by atoms with E-state index in [1.807, 2.05) is 0 Å². The van der Waals surface area contributed by atoms with Crippen molar-refractivity contribution in [3.8, 4) is 55.6 Å². The fraction of sp³-hybridized carbons (Fsp3) is 0. The molecule has 0 saturated heterocycles. The van der Waals surface area contributed by atoms with Crippen molar-refractivity contribution >= 4 is 60.2 Å². The van der Waals surface area contributed by atoms with E-state index in [4.69, 9.17) is 0 Å². The Hall–Kier alpha value is -8.52. The lowest BCUT2D eigenvalue weighted by atomic mass is 9.84. The minimum Gasteiger partial charge on any atom is -0.310 e. The maximum atomic E-state index is 2.41. The smallest absolute Gasteiger partial charge is 0.0467 e. The fourth-order valence-electron chi connectivity index (χ4n) is 9.82. The molecule has 0 aliphatic rings. The highest BCUT2D eigenvalue weighted by molar-refractivity contribution is 6.22. The standard InChI is InChI=1S/C64H43N/c1-3-17-47(18-4-1)63-61-28-12-11-27-59(61)60-38-35-55(43-62(60)64(63)48-19-5-2-6-20-48)46-33-36-56(37-34-46)65(57-25-13-23-51(41-57)53-31-29-44-15-7-9-21-49(44)39-53)58-26-14-24-52(42-58)54-32-30-45-16-8-10-22-50(45)40-54/h1-43H. The SMILES string of the molecule is c1ccc(-c2c(-c3ccccc3)c3cc(-c4ccc(N(c5cccc(-c6ccc7ccccc7c6)c5)c5cccc(-c6ccc7ccccc7c6)c5)cc4)ccc3c3ccccc23)cc1. The van der Waals surface area contributed by atoms with Crippen molar-refractivity contribution < 1.29 is 0 Å². The third-order valence-electron chi connectivity index (χ3n) is 13.0. The first-order valence-corrected chi connectivity index (χ1v) is 22.4. The van der Waals surface area contributed by atoms with Gasteiger partial charge in [-0.15, -0.1) is 0 Å². The Labute approximate surface area is 379 Å². The van der Waals surface area contributed by atoms with Gasteiger partial charge in [0.25, 0.3) is 0 Å². The van der Waals surface area contributed by atoms with E-state index in [1.54, 1.807) is 0 Å². The highest BCUT2D eigenvalue weighted by atomic mass is 15.1. The van der Waals surface area contributed by atoms with Gasteiger partial charge in [0.15, 0.2) is 0 Å². The first-order valence-electron chi connectivity index (χ1n) is 22.4. The summed E-state index contributed by atoms with van der Waals surface area (Å²) in [4.78, 5) is 2.39. The molecule has 0 aliphatic heterocycles. The second-order valence-electron chi connectivity index (χ2n) is 16.9. The maximum Gasteiger partial charge on any atom is 0.0467 e. The highest BCUT2D eigenvalue weighted by Crippen LogP contribution is 2.46. The Kier molecular flexibility index (Phi) is 9.58. The van der Waals surface area contributed by atoms with Crippen molar-refractivity contribution in [3.05, 3.63) is 261 Å². The van der Waals surface area contributed by atoms with Gasteiger partial charge < -0.3 is 4.90 Å². The molecule has 0 unspecified atom stereocenters. The summed E-state index contributed by atoms with van der Waals surface area (Å²) < 4.78 is 0. The molecule has 1 heteroatoms. The van der Waals surface area contributed by atoms with Crippen LogP contribution in [0.4, 0.5) is 17.1 Å². The highest BCUT2D eigenvalue weighted by Gasteiger charge is 2.19. The zero-order chi connectivity index (χ0) is 43.1. The van der Waals surface area contributed by atoms with E-state index in [-0.39, 0.29) is 0 Å². The van der Waals surface area contributed by atoms with Gasteiger partial charge in [-0.25, -0.2) is 0 Å². The number of nitrogens with zero attached hydrogens (tertiary/aromatic N) is 1. The summed E-state index contributed by atoms with van der Waals surface area (Å²) in [6, 6.07) is 95.3. The topological polar surface area (TPSA) is 3.24 Å². The van der Waals surface area contributed by atoms with E-state index in [1.165, 1.54) is 98.7 Å². The van der Waals surface area contributed by atoms with Crippen LogP contribution in [0.1, 0.15) is 0 Å². The van der Waals surface area contributed by atoms with Crippen LogP contribution in [0, 0.1) is 0 Å². The van der Waals surface area contributed by atoms with Crippen LogP contribution in [0.5, 0.6) is 0 Å². The molecule has 0 saturated carbocycles. The molecule has 0 aromatic heterocycles. The summed E-state index contributed by atoms with van der Waals surface area (Å²) in [5.74, 6) is 0. The van der Waals surface area contributed by atoms with Crippen LogP contribution in [-0.2, 0) is 0 Å². The van der Waals surface area contributed by atoms with E-state index < -0.39 is 0 Å². The third-order valence-corrected chi connectivity index (χ3v) is 13.0. The van der Waals surface area contributed by atoms with Crippen molar-refractivity contribution in [1.29, 1.82) is 0 Å². The van der Waals surface area contributed by atoms with Gasteiger partial charge in [0, 0.05) is 17.1 Å². The van der Waals surface area contributed by atoms with Gasteiger partial charge in [0.2, 0.25) is 0 Å². The maximum absolute atomic E-state index is 2.41. The molecule has 0 N–H and O–H groups in total. The Bertz CT molecular complexity index is 3580. The minimum absolute atomic E-state index is 1.09. The number of rotatable bonds is 8. The van der Waals surface area contributed by atoms with Crippen molar-refractivity contribution in [2.45, 2.75) is 0 Å². The summed E-state index contributed by atoms with van der Waals surface area (Å²) in [5.41, 5.74) is 15.3. The lowest BCUT2D eigenvalue weighted by Gasteiger charge is -2.27. The monoisotopic (exact) mass is 825 g/mol. The quantitative estimate of drug-likeness (QED) is 0.138. The zero-order valence-electron chi connectivity index (χ0n) is 35.8. The molecule has 12 aromatic carbocycles. The fourth-order valence-corrected chi connectivity index (χ4v) is 9.82.